The standard InChI is InChI=1S/C14H9Cl2N3OS/c1-7-18-11-3-2-8(4-12(11)21-7)19-14(20)9-5-13(16)17-6-10(9)15/h2-6H,1H3,(H,19,20). The van der Waals surface area contributed by atoms with Gasteiger partial charge in [-0.25, -0.2) is 9.97 Å². The van der Waals surface area contributed by atoms with E-state index in [9.17, 15) is 4.79 Å². The van der Waals surface area contributed by atoms with Gasteiger partial charge in [-0.05, 0) is 31.2 Å². The number of hydrogen-bond donors (Lipinski definition) is 1. The van der Waals surface area contributed by atoms with E-state index in [4.69, 9.17) is 23.2 Å². The number of aryl methyl sites for hydroxylation is 1. The predicted molar refractivity (Wildman–Crippen MR) is 86.6 cm³/mol. The zero-order chi connectivity index (χ0) is 15.0. The minimum absolute atomic E-state index is 0.220. The first kappa shape index (κ1) is 14.3. The molecule has 0 aliphatic carbocycles. The molecule has 0 fully saturated rings. The van der Waals surface area contributed by atoms with Crippen molar-refractivity contribution in [3.8, 4) is 0 Å². The summed E-state index contributed by atoms with van der Waals surface area (Å²) in [5, 5.41) is 4.26. The summed E-state index contributed by atoms with van der Waals surface area (Å²) in [4.78, 5) is 20.4. The van der Waals surface area contributed by atoms with Crippen LogP contribution >= 0.6 is 34.5 Å². The molecule has 0 unspecified atom stereocenters. The fourth-order valence-electron chi connectivity index (χ4n) is 1.90. The van der Waals surface area contributed by atoms with E-state index in [1.165, 1.54) is 12.3 Å². The van der Waals surface area contributed by atoms with Gasteiger partial charge >= 0.3 is 0 Å². The Kier molecular flexibility index (Phi) is 3.80. The van der Waals surface area contributed by atoms with Crippen molar-refractivity contribution >= 4 is 56.3 Å². The predicted octanol–water partition coefficient (Wildman–Crippen LogP) is 4.56. The maximum absolute atomic E-state index is 12.2. The summed E-state index contributed by atoms with van der Waals surface area (Å²) in [7, 11) is 0. The Bertz CT molecular complexity index is 847. The van der Waals surface area contributed by atoms with Crippen molar-refractivity contribution in [3.05, 3.63) is 51.2 Å². The first-order chi connectivity index (χ1) is 10.0. The van der Waals surface area contributed by atoms with Crippen LogP contribution in [-0.2, 0) is 0 Å². The van der Waals surface area contributed by atoms with Crippen LogP contribution in [0.5, 0.6) is 0 Å². The number of nitrogens with zero attached hydrogens (tertiary/aromatic N) is 2. The van der Waals surface area contributed by atoms with Crippen LogP contribution in [0.1, 0.15) is 15.4 Å². The molecule has 1 N–H and O–H groups in total. The largest absolute Gasteiger partial charge is 0.322 e. The van der Waals surface area contributed by atoms with E-state index >= 15 is 0 Å². The number of anilines is 1. The molecular weight excluding hydrogens is 329 g/mol. The summed E-state index contributed by atoms with van der Waals surface area (Å²) in [6.07, 6.45) is 1.36. The molecule has 0 bridgehead atoms. The molecule has 7 heteroatoms. The van der Waals surface area contributed by atoms with Gasteiger partial charge in [-0.2, -0.15) is 0 Å². The van der Waals surface area contributed by atoms with Gasteiger partial charge in [0.2, 0.25) is 0 Å². The summed E-state index contributed by atoms with van der Waals surface area (Å²) >= 11 is 13.3. The zero-order valence-corrected chi connectivity index (χ0v) is 13.2. The SMILES string of the molecule is Cc1nc2ccc(NC(=O)c3cc(Cl)ncc3Cl)cc2s1. The number of nitrogens with one attached hydrogen (secondary N) is 1. The highest BCUT2D eigenvalue weighted by Gasteiger charge is 2.12. The number of carbonyl (C=O) groups is 1. The molecule has 2 heterocycles. The molecule has 3 rings (SSSR count). The maximum atomic E-state index is 12.2. The number of fused-ring (bicyclic) bond motifs is 1. The molecule has 21 heavy (non-hydrogen) atoms. The molecule has 0 atom stereocenters. The number of pyridine rings is 1. The number of aromatic nitrogens is 2. The molecule has 4 nitrogen and oxygen atoms in total. The maximum Gasteiger partial charge on any atom is 0.257 e. The third kappa shape index (κ3) is 3.00. The summed E-state index contributed by atoms with van der Waals surface area (Å²) in [6.45, 7) is 1.95. The first-order valence-electron chi connectivity index (χ1n) is 6.02. The number of amides is 1. The highest BCUT2D eigenvalue weighted by atomic mass is 35.5. The second-order valence-corrected chi connectivity index (χ2v) is 6.39. The van der Waals surface area contributed by atoms with Gasteiger partial charge in [0.25, 0.3) is 5.91 Å². The fraction of sp³-hybridized carbons (Fsp3) is 0.0714. The van der Waals surface area contributed by atoms with Crippen LogP contribution < -0.4 is 5.32 Å². The summed E-state index contributed by atoms with van der Waals surface area (Å²) < 4.78 is 1.02. The van der Waals surface area contributed by atoms with Crippen molar-refractivity contribution in [2.24, 2.45) is 0 Å². The van der Waals surface area contributed by atoms with Crippen molar-refractivity contribution in [1.82, 2.24) is 9.97 Å². The van der Waals surface area contributed by atoms with Crippen molar-refractivity contribution < 1.29 is 4.79 Å². The van der Waals surface area contributed by atoms with Crippen LogP contribution in [0.15, 0.2) is 30.5 Å². The Hall–Kier alpha value is -1.69. The lowest BCUT2D eigenvalue weighted by Gasteiger charge is -2.06. The Morgan fingerprint density at radius 2 is 2.10 bits per heavy atom. The number of carbonyl (C=O) groups excluding carboxylic acids is 1. The van der Waals surface area contributed by atoms with E-state index in [1.807, 2.05) is 19.1 Å². The van der Waals surface area contributed by atoms with Crippen LogP contribution in [0.3, 0.4) is 0 Å². The third-order valence-corrected chi connectivity index (χ3v) is 4.26. The van der Waals surface area contributed by atoms with Crippen LogP contribution in [-0.4, -0.2) is 15.9 Å². The van der Waals surface area contributed by atoms with Gasteiger partial charge in [0, 0.05) is 11.9 Å². The van der Waals surface area contributed by atoms with Gasteiger partial charge in [-0.1, -0.05) is 23.2 Å². The normalized spacial score (nSPS) is 10.8. The molecule has 1 amide bonds. The van der Waals surface area contributed by atoms with E-state index in [2.05, 4.69) is 15.3 Å². The smallest absolute Gasteiger partial charge is 0.257 e. The van der Waals surface area contributed by atoms with Gasteiger partial charge in [0.15, 0.2) is 0 Å². The van der Waals surface area contributed by atoms with E-state index in [1.54, 1.807) is 17.4 Å². The van der Waals surface area contributed by atoms with Crippen molar-refractivity contribution in [1.29, 1.82) is 0 Å². The Morgan fingerprint density at radius 1 is 1.29 bits per heavy atom. The number of hydrogen-bond acceptors (Lipinski definition) is 4. The molecule has 1 aromatic carbocycles. The molecule has 2 aromatic heterocycles. The monoisotopic (exact) mass is 337 g/mol. The third-order valence-electron chi connectivity index (χ3n) is 2.82. The number of thiazole rings is 1. The quantitative estimate of drug-likeness (QED) is 0.697. The van der Waals surface area contributed by atoms with E-state index in [-0.39, 0.29) is 21.6 Å². The van der Waals surface area contributed by atoms with Crippen molar-refractivity contribution in [2.45, 2.75) is 6.92 Å². The van der Waals surface area contributed by atoms with Gasteiger partial charge in [-0.15, -0.1) is 11.3 Å². The Labute approximate surface area is 134 Å². The molecule has 3 aromatic rings. The fourth-order valence-corrected chi connectivity index (χ4v) is 3.12. The Balaban J connectivity index is 1.90. The van der Waals surface area contributed by atoms with Gasteiger partial charge in [-0.3, -0.25) is 4.79 Å². The van der Waals surface area contributed by atoms with Crippen LogP contribution in [0.25, 0.3) is 10.2 Å². The molecule has 0 saturated heterocycles. The van der Waals surface area contributed by atoms with E-state index in [0.29, 0.717) is 5.69 Å². The van der Waals surface area contributed by atoms with E-state index in [0.717, 1.165) is 15.2 Å². The molecular formula is C14H9Cl2N3OS. The van der Waals surface area contributed by atoms with Crippen LogP contribution in [0, 0.1) is 6.92 Å². The lowest BCUT2D eigenvalue weighted by atomic mass is 10.2. The molecule has 0 aliphatic heterocycles. The summed E-state index contributed by atoms with van der Waals surface area (Å²) in [5.74, 6) is -0.329. The van der Waals surface area contributed by atoms with Crippen LogP contribution in [0.2, 0.25) is 10.2 Å². The average Bonchev–Trinajstić information content (AvgIpc) is 2.80. The highest BCUT2D eigenvalue weighted by Crippen LogP contribution is 2.26. The summed E-state index contributed by atoms with van der Waals surface area (Å²) in [5.41, 5.74) is 1.89. The van der Waals surface area contributed by atoms with Gasteiger partial charge < -0.3 is 5.32 Å². The minimum Gasteiger partial charge on any atom is -0.322 e. The second kappa shape index (κ2) is 5.60. The molecule has 0 saturated carbocycles. The average molecular weight is 338 g/mol. The highest BCUT2D eigenvalue weighted by molar-refractivity contribution is 7.18. The minimum atomic E-state index is -0.329. The second-order valence-electron chi connectivity index (χ2n) is 4.36. The number of halogens is 2. The summed E-state index contributed by atoms with van der Waals surface area (Å²) in [6, 6.07) is 6.99. The van der Waals surface area contributed by atoms with Gasteiger partial charge in [0.05, 0.1) is 25.8 Å². The van der Waals surface area contributed by atoms with Crippen LogP contribution in [0.4, 0.5) is 5.69 Å². The van der Waals surface area contributed by atoms with E-state index < -0.39 is 0 Å². The Morgan fingerprint density at radius 3 is 2.90 bits per heavy atom. The lowest BCUT2D eigenvalue weighted by molar-refractivity contribution is 0.102. The zero-order valence-electron chi connectivity index (χ0n) is 10.9. The number of benzene rings is 1. The van der Waals surface area contributed by atoms with Crippen molar-refractivity contribution in [2.75, 3.05) is 5.32 Å². The molecule has 0 radical (unpaired) electrons. The molecule has 0 aliphatic rings. The molecule has 106 valence electrons. The topological polar surface area (TPSA) is 54.9 Å². The van der Waals surface area contributed by atoms with Crippen molar-refractivity contribution in [3.63, 3.8) is 0 Å². The first-order valence-corrected chi connectivity index (χ1v) is 7.60. The number of rotatable bonds is 2. The van der Waals surface area contributed by atoms with Gasteiger partial charge in [0.1, 0.15) is 5.15 Å². The molecule has 0 spiro atoms. The lowest BCUT2D eigenvalue weighted by Crippen LogP contribution is -2.12.